The normalized spacial score (nSPS) is 16.2. The number of fused-ring (bicyclic) bond motifs is 1. The minimum Gasteiger partial charge on any atom is -0.497 e. The molecule has 5 rings (SSSR count). The third kappa shape index (κ3) is 6.45. The molecule has 1 heterocycles. The van der Waals surface area contributed by atoms with Crippen LogP contribution < -0.4 is 23.8 Å². The number of carbonyl (C=O) groups is 3. The van der Waals surface area contributed by atoms with Crippen molar-refractivity contribution in [1.82, 2.24) is 9.80 Å². The molecule has 0 bridgehead atoms. The zero-order chi connectivity index (χ0) is 33.7. The number of halogens is 1. The van der Waals surface area contributed by atoms with E-state index in [2.05, 4.69) is 4.90 Å². The predicted octanol–water partition coefficient (Wildman–Crippen LogP) is 4.59. The summed E-state index contributed by atoms with van der Waals surface area (Å²) in [5.74, 6) is 0.692. The van der Waals surface area contributed by atoms with Gasteiger partial charge in [0.1, 0.15) is 40.3 Å². The van der Waals surface area contributed by atoms with Crippen LogP contribution in [0.1, 0.15) is 32.3 Å². The van der Waals surface area contributed by atoms with Crippen LogP contribution in [-0.2, 0) is 9.53 Å². The molecule has 1 amide bonds. The third-order valence-corrected chi connectivity index (χ3v) is 8.70. The Kier molecular flexibility index (Phi) is 10.6. The van der Waals surface area contributed by atoms with Gasteiger partial charge in [-0.3, -0.25) is 14.4 Å². The molecule has 1 saturated heterocycles. The Morgan fingerprint density at radius 2 is 1.47 bits per heavy atom. The van der Waals surface area contributed by atoms with Gasteiger partial charge in [0.2, 0.25) is 17.5 Å². The summed E-state index contributed by atoms with van der Waals surface area (Å²) in [5, 5.41) is 0. The van der Waals surface area contributed by atoms with Crippen LogP contribution in [0, 0.1) is 0 Å². The number of hydrogen-bond donors (Lipinski definition) is 0. The van der Waals surface area contributed by atoms with Crippen LogP contribution in [0.15, 0.2) is 72.1 Å². The number of amides is 1. The highest BCUT2D eigenvalue weighted by Crippen LogP contribution is 2.43. The zero-order valence-corrected chi connectivity index (χ0v) is 27.8. The summed E-state index contributed by atoms with van der Waals surface area (Å²) in [5.41, 5.74) is 2.16. The molecular formula is C35H38ClN3O8. The lowest BCUT2D eigenvalue weighted by atomic mass is 9.87. The SMILES string of the molecule is COCCN(C(=O)CCl)C1=C(N2CCN(c3ccc(OC)cc3OC)CC2c2ccc(OC)cc2OC)C(=O)c2ccccc2C1=O. The van der Waals surface area contributed by atoms with Gasteiger partial charge in [-0.25, -0.2) is 0 Å². The van der Waals surface area contributed by atoms with E-state index in [1.165, 1.54) is 12.0 Å². The average molecular weight is 664 g/mol. The van der Waals surface area contributed by atoms with E-state index in [1.54, 1.807) is 58.8 Å². The van der Waals surface area contributed by atoms with Crippen molar-refractivity contribution in [1.29, 1.82) is 0 Å². The van der Waals surface area contributed by atoms with Crippen molar-refractivity contribution in [3.8, 4) is 23.0 Å². The number of ketones is 2. The first kappa shape index (κ1) is 33.6. The van der Waals surface area contributed by atoms with Gasteiger partial charge in [0.05, 0.1) is 46.8 Å². The minimum absolute atomic E-state index is 0.0237. The number of nitrogens with zero attached hydrogens (tertiary/aromatic N) is 3. The first-order valence-corrected chi connectivity index (χ1v) is 15.6. The molecule has 1 unspecified atom stereocenters. The lowest BCUT2D eigenvalue weighted by Gasteiger charge is -2.46. The van der Waals surface area contributed by atoms with E-state index < -0.39 is 17.7 Å². The number of methoxy groups -OCH3 is 5. The summed E-state index contributed by atoms with van der Waals surface area (Å²) in [6, 6.07) is 17.2. The molecule has 248 valence electrons. The lowest BCUT2D eigenvalue weighted by molar-refractivity contribution is -0.127. The van der Waals surface area contributed by atoms with E-state index in [4.69, 9.17) is 35.3 Å². The summed E-state index contributed by atoms with van der Waals surface area (Å²) < 4.78 is 27.8. The van der Waals surface area contributed by atoms with Crippen molar-refractivity contribution < 1.29 is 38.1 Å². The number of hydrogen-bond acceptors (Lipinski definition) is 10. The monoisotopic (exact) mass is 663 g/mol. The summed E-state index contributed by atoms with van der Waals surface area (Å²) >= 11 is 6.07. The lowest BCUT2D eigenvalue weighted by Crippen LogP contribution is -2.52. The van der Waals surface area contributed by atoms with Crippen molar-refractivity contribution in [3.05, 3.63) is 88.7 Å². The Balaban J connectivity index is 1.73. The van der Waals surface area contributed by atoms with Crippen LogP contribution in [-0.4, -0.2) is 101 Å². The number of allylic oxidation sites excluding steroid dienone is 2. The maximum atomic E-state index is 14.6. The van der Waals surface area contributed by atoms with Gasteiger partial charge in [0.25, 0.3) is 0 Å². The van der Waals surface area contributed by atoms with E-state index in [0.717, 1.165) is 11.3 Å². The zero-order valence-electron chi connectivity index (χ0n) is 27.1. The second-order valence-electron chi connectivity index (χ2n) is 10.9. The molecule has 12 heteroatoms. The molecule has 11 nitrogen and oxygen atoms in total. The smallest absolute Gasteiger partial charge is 0.242 e. The highest BCUT2D eigenvalue weighted by Gasteiger charge is 2.43. The molecule has 0 spiro atoms. The molecular weight excluding hydrogens is 626 g/mol. The van der Waals surface area contributed by atoms with E-state index in [1.807, 2.05) is 35.2 Å². The fourth-order valence-electron chi connectivity index (χ4n) is 6.16. The van der Waals surface area contributed by atoms with E-state index in [9.17, 15) is 14.4 Å². The second-order valence-corrected chi connectivity index (χ2v) is 11.1. The first-order valence-electron chi connectivity index (χ1n) is 15.0. The Morgan fingerprint density at radius 3 is 2.09 bits per heavy atom. The molecule has 0 N–H and O–H groups in total. The van der Waals surface area contributed by atoms with Crippen molar-refractivity contribution in [2.45, 2.75) is 6.04 Å². The summed E-state index contributed by atoms with van der Waals surface area (Å²) in [4.78, 5) is 47.6. The van der Waals surface area contributed by atoms with Crippen molar-refractivity contribution in [2.75, 3.05) is 79.1 Å². The van der Waals surface area contributed by atoms with Crippen LogP contribution in [0.4, 0.5) is 5.69 Å². The van der Waals surface area contributed by atoms with Gasteiger partial charge in [-0.1, -0.05) is 24.3 Å². The molecule has 3 aromatic carbocycles. The molecule has 1 fully saturated rings. The Hall–Kier alpha value is -4.74. The number of ether oxygens (including phenoxy) is 5. The maximum absolute atomic E-state index is 14.6. The van der Waals surface area contributed by atoms with Crippen molar-refractivity contribution in [3.63, 3.8) is 0 Å². The fourth-order valence-corrected chi connectivity index (χ4v) is 6.30. The molecule has 0 saturated carbocycles. The van der Waals surface area contributed by atoms with Crippen LogP contribution in [0.25, 0.3) is 0 Å². The van der Waals surface area contributed by atoms with Crippen molar-refractivity contribution in [2.24, 2.45) is 0 Å². The number of carbonyl (C=O) groups excluding carboxylic acids is 3. The number of Topliss-reactive ketones (excluding diaryl/α,β-unsaturated/α-hetero) is 2. The van der Waals surface area contributed by atoms with Gasteiger partial charge < -0.3 is 38.4 Å². The van der Waals surface area contributed by atoms with Gasteiger partial charge >= 0.3 is 0 Å². The summed E-state index contributed by atoms with van der Waals surface area (Å²) in [6.07, 6.45) is 0. The number of anilines is 1. The maximum Gasteiger partial charge on any atom is 0.242 e. The molecule has 0 aromatic heterocycles. The fraction of sp³-hybridized carbons (Fsp3) is 0.343. The third-order valence-electron chi connectivity index (χ3n) is 8.47. The second kappa shape index (κ2) is 14.8. The summed E-state index contributed by atoms with van der Waals surface area (Å²) in [7, 11) is 7.83. The molecule has 2 aliphatic rings. The topological polar surface area (TPSA) is 107 Å². The highest BCUT2D eigenvalue weighted by molar-refractivity contribution is 6.30. The van der Waals surface area contributed by atoms with Crippen LogP contribution in [0.5, 0.6) is 23.0 Å². The predicted molar refractivity (Wildman–Crippen MR) is 177 cm³/mol. The van der Waals surface area contributed by atoms with Crippen molar-refractivity contribution >= 4 is 34.8 Å². The molecule has 0 radical (unpaired) electrons. The largest absolute Gasteiger partial charge is 0.497 e. The number of benzene rings is 3. The van der Waals surface area contributed by atoms with Gasteiger partial charge in [0.15, 0.2) is 0 Å². The van der Waals surface area contributed by atoms with Gasteiger partial charge in [-0.05, 0) is 24.3 Å². The van der Waals surface area contributed by atoms with E-state index in [-0.39, 0.29) is 47.3 Å². The Bertz CT molecular complexity index is 1690. The van der Waals surface area contributed by atoms with E-state index >= 15 is 0 Å². The summed E-state index contributed by atoms with van der Waals surface area (Å²) in [6.45, 7) is 1.29. The van der Waals surface area contributed by atoms with Crippen LogP contribution in [0.2, 0.25) is 0 Å². The molecule has 1 aliphatic carbocycles. The molecule has 1 atom stereocenters. The van der Waals surface area contributed by atoms with Gasteiger partial charge in [-0.2, -0.15) is 0 Å². The average Bonchev–Trinajstić information content (AvgIpc) is 3.12. The number of rotatable bonds is 12. The number of alkyl halides is 1. The standard InChI is InChI=1S/C35H38ClN3O8/c1-43-17-16-39(31(40)20-36)33-32(34(41)24-8-6-7-9-25(24)35(33)42)38-15-14-37(27-13-11-23(45-3)19-30(27)47-5)21-28(38)26-12-10-22(44-2)18-29(26)46-4/h6-13,18-19,28H,14-17,20-21H2,1-5H3. The van der Waals surface area contributed by atoms with Crippen LogP contribution in [0.3, 0.4) is 0 Å². The first-order chi connectivity index (χ1) is 22.8. The molecule has 3 aromatic rings. The van der Waals surface area contributed by atoms with Gasteiger partial charge in [0, 0.05) is 62.1 Å². The quantitative estimate of drug-likeness (QED) is 0.256. The molecule has 47 heavy (non-hydrogen) atoms. The van der Waals surface area contributed by atoms with E-state index in [0.29, 0.717) is 42.6 Å². The number of piperazine rings is 1. The Labute approximate surface area is 279 Å². The highest BCUT2D eigenvalue weighted by atomic mass is 35.5. The van der Waals surface area contributed by atoms with Gasteiger partial charge in [-0.15, -0.1) is 11.6 Å². The minimum atomic E-state index is -0.529. The molecule has 1 aliphatic heterocycles. The van der Waals surface area contributed by atoms with Crippen LogP contribution >= 0.6 is 11.6 Å². The Morgan fingerprint density at radius 1 is 0.830 bits per heavy atom.